The topological polar surface area (TPSA) is 71.1 Å². The Morgan fingerprint density at radius 1 is 1.50 bits per heavy atom. The second kappa shape index (κ2) is 4.16. The molecule has 0 radical (unpaired) electrons. The standard InChI is InChI=1S/C11H11N3O2/c1-7(13-14-12)10-6-8-4-3-5-9(15-2)11(8)16-10/h3-7H,1-2H3/t7-/m0/s1. The Kier molecular flexibility index (Phi) is 2.70. The fraction of sp³-hybridized carbons (Fsp3) is 0.273. The van der Waals surface area contributed by atoms with Gasteiger partial charge in [0.25, 0.3) is 0 Å². The molecule has 0 fully saturated rings. The summed E-state index contributed by atoms with van der Waals surface area (Å²) in [5.41, 5.74) is 9.05. The first-order valence-corrected chi connectivity index (χ1v) is 4.87. The summed E-state index contributed by atoms with van der Waals surface area (Å²) < 4.78 is 10.8. The lowest BCUT2D eigenvalue weighted by molar-refractivity contribution is 0.405. The number of ether oxygens (including phenoxy) is 1. The van der Waals surface area contributed by atoms with E-state index in [1.54, 1.807) is 14.0 Å². The van der Waals surface area contributed by atoms with Crippen molar-refractivity contribution in [2.24, 2.45) is 5.11 Å². The smallest absolute Gasteiger partial charge is 0.176 e. The molecule has 16 heavy (non-hydrogen) atoms. The van der Waals surface area contributed by atoms with Gasteiger partial charge in [0.2, 0.25) is 0 Å². The molecule has 5 nitrogen and oxygen atoms in total. The molecule has 1 aromatic heterocycles. The average molecular weight is 217 g/mol. The van der Waals surface area contributed by atoms with Crippen LogP contribution < -0.4 is 4.74 Å². The van der Waals surface area contributed by atoms with Crippen molar-refractivity contribution in [1.29, 1.82) is 0 Å². The molecule has 1 aromatic carbocycles. The highest BCUT2D eigenvalue weighted by Gasteiger charge is 2.12. The third-order valence-electron chi connectivity index (χ3n) is 2.38. The number of benzene rings is 1. The number of nitrogens with zero attached hydrogens (tertiary/aromatic N) is 3. The Balaban J connectivity index is 2.55. The predicted octanol–water partition coefficient (Wildman–Crippen LogP) is 3.81. The molecule has 0 aliphatic rings. The lowest BCUT2D eigenvalue weighted by Crippen LogP contribution is -1.83. The van der Waals surface area contributed by atoms with Crippen molar-refractivity contribution in [1.82, 2.24) is 0 Å². The van der Waals surface area contributed by atoms with Crippen molar-refractivity contribution in [3.63, 3.8) is 0 Å². The van der Waals surface area contributed by atoms with Gasteiger partial charge in [0.15, 0.2) is 11.3 Å². The minimum atomic E-state index is -0.317. The van der Waals surface area contributed by atoms with Crippen molar-refractivity contribution < 1.29 is 9.15 Å². The second-order valence-corrected chi connectivity index (χ2v) is 3.41. The minimum Gasteiger partial charge on any atom is -0.493 e. The number of azide groups is 1. The SMILES string of the molecule is COc1cccc2cc([C@H](C)N=[N+]=[N-])oc12. The molecule has 0 saturated heterocycles. The Bertz CT molecular complexity index is 555. The Hall–Kier alpha value is -2.13. The summed E-state index contributed by atoms with van der Waals surface area (Å²) in [7, 11) is 1.59. The third kappa shape index (κ3) is 1.68. The molecule has 1 heterocycles. The number of fused-ring (bicyclic) bond motifs is 1. The molecule has 0 aliphatic heterocycles. The molecular formula is C11H11N3O2. The van der Waals surface area contributed by atoms with E-state index in [-0.39, 0.29) is 6.04 Å². The van der Waals surface area contributed by atoms with Crippen molar-refractivity contribution in [3.05, 3.63) is 40.5 Å². The van der Waals surface area contributed by atoms with E-state index in [0.717, 1.165) is 5.39 Å². The maximum Gasteiger partial charge on any atom is 0.176 e. The van der Waals surface area contributed by atoms with Gasteiger partial charge in [-0.25, -0.2) is 0 Å². The van der Waals surface area contributed by atoms with E-state index >= 15 is 0 Å². The van der Waals surface area contributed by atoms with Gasteiger partial charge in [-0.2, -0.15) is 0 Å². The summed E-state index contributed by atoms with van der Waals surface area (Å²) >= 11 is 0. The summed E-state index contributed by atoms with van der Waals surface area (Å²) in [5.74, 6) is 1.31. The lowest BCUT2D eigenvalue weighted by atomic mass is 10.2. The molecule has 5 heteroatoms. The Morgan fingerprint density at radius 2 is 2.31 bits per heavy atom. The number of furan rings is 1. The van der Waals surface area contributed by atoms with Gasteiger partial charge in [0, 0.05) is 10.3 Å². The van der Waals surface area contributed by atoms with Gasteiger partial charge in [0.1, 0.15) is 5.76 Å². The number of hydrogen-bond donors (Lipinski definition) is 0. The van der Waals surface area contributed by atoms with Crippen LogP contribution in [0.15, 0.2) is 33.8 Å². The van der Waals surface area contributed by atoms with Crippen LogP contribution in [-0.2, 0) is 0 Å². The zero-order valence-corrected chi connectivity index (χ0v) is 9.04. The van der Waals surface area contributed by atoms with Crippen LogP contribution >= 0.6 is 0 Å². The second-order valence-electron chi connectivity index (χ2n) is 3.41. The first-order chi connectivity index (χ1) is 7.76. The van der Waals surface area contributed by atoms with Crippen molar-refractivity contribution in [2.45, 2.75) is 13.0 Å². The molecule has 0 saturated carbocycles. The van der Waals surface area contributed by atoms with E-state index < -0.39 is 0 Å². The lowest BCUT2D eigenvalue weighted by Gasteiger charge is -1.99. The predicted molar refractivity (Wildman–Crippen MR) is 60.3 cm³/mol. The maximum absolute atomic E-state index is 8.37. The van der Waals surface area contributed by atoms with Crippen molar-refractivity contribution in [3.8, 4) is 5.75 Å². The van der Waals surface area contributed by atoms with Crippen LogP contribution in [0.4, 0.5) is 0 Å². The van der Waals surface area contributed by atoms with Crippen LogP contribution in [0.5, 0.6) is 5.75 Å². The van der Waals surface area contributed by atoms with Crippen LogP contribution in [0.25, 0.3) is 21.4 Å². The highest BCUT2D eigenvalue weighted by molar-refractivity contribution is 5.83. The van der Waals surface area contributed by atoms with Gasteiger partial charge in [0.05, 0.1) is 13.2 Å². The molecule has 82 valence electrons. The molecule has 0 N–H and O–H groups in total. The molecule has 2 rings (SSSR count). The van der Waals surface area contributed by atoms with E-state index in [9.17, 15) is 0 Å². The molecule has 0 bridgehead atoms. The van der Waals surface area contributed by atoms with Gasteiger partial charge in [-0.1, -0.05) is 17.2 Å². The highest BCUT2D eigenvalue weighted by atomic mass is 16.5. The zero-order valence-electron chi connectivity index (χ0n) is 9.04. The number of rotatable bonds is 3. The van der Waals surface area contributed by atoms with E-state index in [1.807, 2.05) is 24.3 Å². The number of hydrogen-bond acceptors (Lipinski definition) is 3. The van der Waals surface area contributed by atoms with Crippen LogP contribution in [0.1, 0.15) is 18.7 Å². The number of para-hydroxylation sites is 1. The third-order valence-corrected chi connectivity index (χ3v) is 2.38. The number of methoxy groups -OCH3 is 1. The van der Waals surface area contributed by atoms with Crippen molar-refractivity contribution in [2.75, 3.05) is 7.11 Å². The first kappa shape index (κ1) is 10.4. The van der Waals surface area contributed by atoms with Gasteiger partial charge in [-0.05, 0) is 24.6 Å². The molecule has 2 aromatic rings. The summed E-state index contributed by atoms with van der Waals surface area (Å²) in [6.45, 7) is 1.78. The molecule has 0 aliphatic carbocycles. The minimum absolute atomic E-state index is 0.317. The summed E-state index contributed by atoms with van der Waals surface area (Å²) in [6, 6.07) is 7.18. The van der Waals surface area contributed by atoms with Crippen LogP contribution in [0.2, 0.25) is 0 Å². The summed E-state index contributed by atoms with van der Waals surface area (Å²) in [4.78, 5) is 2.76. The van der Waals surface area contributed by atoms with Gasteiger partial charge >= 0.3 is 0 Å². The van der Waals surface area contributed by atoms with E-state index in [1.165, 1.54) is 0 Å². The zero-order chi connectivity index (χ0) is 11.5. The Morgan fingerprint density at radius 3 is 3.00 bits per heavy atom. The first-order valence-electron chi connectivity index (χ1n) is 4.87. The van der Waals surface area contributed by atoms with Gasteiger partial charge in [-0.3, -0.25) is 0 Å². The molecule has 0 amide bonds. The van der Waals surface area contributed by atoms with E-state index in [2.05, 4.69) is 10.0 Å². The van der Waals surface area contributed by atoms with E-state index in [0.29, 0.717) is 17.1 Å². The fourth-order valence-electron chi connectivity index (χ4n) is 1.56. The maximum atomic E-state index is 8.37. The van der Waals surface area contributed by atoms with Crippen LogP contribution in [-0.4, -0.2) is 7.11 Å². The van der Waals surface area contributed by atoms with Gasteiger partial charge < -0.3 is 9.15 Å². The van der Waals surface area contributed by atoms with Crippen molar-refractivity contribution >= 4 is 11.0 Å². The molecular weight excluding hydrogens is 206 g/mol. The highest BCUT2D eigenvalue weighted by Crippen LogP contribution is 2.31. The monoisotopic (exact) mass is 217 g/mol. The largest absolute Gasteiger partial charge is 0.493 e. The normalized spacial score (nSPS) is 12.1. The summed E-state index contributed by atoms with van der Waals surface area (Å²) in [5, 5.41) is 4.53. The molecule has 1 atom stereocenters. The van der Waals surface area contributed by atoms with Crippen LogP contribution in [0, 0.1) is 0 Å². The average Bonchev–Trinajstić information content (AvgIpc) is 2.72. The summed E-state index contributed by atoms with van der Waals surface area (Å²) in [6.07, 6.45) is 0. The quantitative estimate of drug-likeness (QED) is 0.445. The van der Waals surface area contributed by atoms with Crippen LogP contribution in [0.3, 0.4) is 0 Å². The Labute approximate surface area is 92.2 Å². The van der Waals surface area contributed by atoms with Gasteiger partial charge in [-0.15, -0.1) is 0 Å². The fourth-order valence-corrected chi connectivity index (χ4v) is 1.56. The molecule has 0 unspecified atom stereocenters. The molecule has 0 spiro atoms. The van der Waals surface area contributed by atoms with E-state index in [4.69, 9.17) is 14.7 Å².